The Hall–Kier alpha value is -3.65. The molecule has 3 aromatic carbocycles. The summed E-state index contributed by atoms with van der Waals surface area (Å²) in [5.41, 5.74) is 1.82. The van der Waals surface area contributed by atoms with E-state index >= 15 is 0 Å². The highest BCUT2D eigenvalue weighted by Crippen LogP contribution is 2.43. The minimum Gasteiger partial charge on any atom is -0.462 e. The summed E-state index contributed by atoms with van der Waals surface area (Å²) in [4.78, 5) is 26.6. The number of carbonyl (C=O) groups is 2. The number of rotatable bonds is 5. The molecule has 0 aliphatic carbocycles. The molecular weight excluding hydrogens is 416 g/mol. The first-order valence-corrected chi connectivity index (χ1v) is 11.2. The molecule has 7 nitrogen and oxygen atoms in total. The van der Waals surface area contributed by atoms with Gasteiger partial charge in [0.1, 0.15) is 6.54 Å². The van der Waals surface area contributed by atoms with Crippen LogP contribution in [0.15, 0.2) is 82.6 Å². The molecular formula is C23H20N2O5S. The van der Waals surface area contributed by atoms with Gasteiger partial charge < -0.3 is 15.0 Å². The monoisotopic (exact) mass is 436 g/mol. The minimum absolute atomic E-state index is 0.0802. The second-order valence-corrected chi connectivity index (χ2v) is 8.76. The van der Waals surface area contributed by atoms with Crippen molar-refractivity contribution < 1.29 is 22.7 Å². The molecule has 0 unspecified atom stereocenters. The SMILES string of the molecule is CCOC(=O)c1ccc(NC(=O)CN2c3ccccc3S(=O)(=O)c3ccccc32)cc1. The highest BCUT2D eigenvalue weighted by atomic mass is 32.2. The zero-order valence-corrected chi connectivity index (χ0v) is 17.6. The van der Waals surface area contributed by atoms with Crippen molar-refractivity contribution in [2.24, 2.45) is 0 Å². The Morgan fingerprint density at radius 3 is 1.97 bits per heavy atom. The number of sulfone groups is 1. The highest BCUT2D eigenvalue weighted by Gasteiger charge is 2.34. The third-order valence-electron chi connectivity index (χ3n) is 4.87. The lowest BCUT2D eigenvalue weighted by atomic mass is 10.2. The van der Waals surface area contributed by atoms with Gasteiger partial charge in [-0.2, -0.15) is 0 Å². The van der Waals surface area contributed by atoms with Crippen molar-refractivity contribution in [2.75, 3.05) is 23.4 Å². The van der Waals surface area contributed by atoms with Crippen molar-refractivity contribution in [2.45, 2.75) is 16.7 Å². The van der Waals surface area contributed by atoms with Gasteiger partial charge in [-0.05, 0) is 55.5 Å². The van der Waals surface area contributed by atoms with Gasteiger partial charge >= 0.3 is 5.97 Å². The Balaban J connectivity index is 1.59. The number of benzene rings is 3. The molecule has 1 heterocycles. The van der Waals surface area contributed by atoms with Gasteiger partial charge in [0.05, 0.1) is 33.3 Å². The summed E-state index contributed by atoms with van der Waals surface area (Å²) < 4.78 is 30.9. The number of amides is 1. The van der Waals surface area contributed by atoms with Crippen molar-refractivity contribution in [1.82, 2.24) is 0 Å². The zero-order valence-electron chi connectivity index (χ0n) is 16.7. The molecule has 0 aromatic heterocycles. The highest BCUT2D eigenvalue weighted by molar-refractivity contribution is 7.92. The van der Waals surface area contributed by atoms with Gasteiger partial charge in [-0.15, -0.1) is 0 Å². The summed E-state index contributed by atoms with van der Waals surface area (Å²) in [6, 6.07) is 19.6. The predicted octanol–water partition coefficient (Wildman–Crippen LogP) is 3.79. The number of nitrogens with zero attached hydrogens (tertiary/aromatic N) is 1. The number of para-hydroxylation sites is 2. The summed E-state index contributed by atoms with van der Waals surface area (Å²) in [5.74, 6) is -0.754. The predicted molar refractivity (Wildman–Crippen MR) is 116 cm³/mol. The van der Waals surface area contributed by atoms with E-state index in [2.05, 4.69) is 5.32 Å². The van der Waals surface area contributed by atoms with E-state index < -0.39 is 15.8 Å². The van der Waals surface area contributed by atoms with Crippen LogP contribution in [0.5, 0.6) is 0 Å². The second-order valence-electron chi connectivity index (χ2n) is 6.87. The van der Waals surface area contributed by atoms with Gasteiger partial charge in [-0.25, -0.2) is 13.2 Å². The van der Waals surface area contributed by atoms with Crippen LogP contribution >= 0.6 is 0 Å². The Morgan fingerprint density at radius 1 is 0.871 bits per heavy atom. The van der Waals surface area contributed by atoms with Crippen LogP contribution in [0, 0.1) is 0 Å². The van der Waals surface area contributed by atoms with Gasteiger partial charge in [0.2, 0.25) is 15.7 Å². The molecule has 0 bridgehead atoms. The Morgan fingerprint density at radius 2 is 1.42 bits per heavy atom. The van der Waals surface area contributed by atoms with Gasteiger partial charge in [0.25, 0.3) is 0 Å². The fourth-order valence-electron chi connectivity index (χ4n) is 3.48. The van der Waals surface area contributed by atoms with Crippen LogP contribution < -0.4 is 10.2 Å². The van der Waals surface area contributed by atoms with E-state index in [4.69, 9.17) is 4.74 Å². The van der Waals surface area contributed by atoms with Crippen molar-refractivity contribution in [3.63, 3.8) is 0 Å². The summed E-state index contributed by atoms with van der Waals surface area (Å²) in [5, 5.41) is 2.79. The maximum atomic E-state index is 13.0. The maximum absolute atomic E-state index is 13.0. The van der Waals surface area contributed by atoms with Crippen LogP contribution in [0.25, 0.3) is 0 Å². The minimum atomic E-state index is -3.66. The van der Waals surface area contributed by atoms with Crippen molar-refractivity contribution in [3.8, 4) is 0 Å². The third kappa shape index (κ3) is 3.89. The average Bonchev–Trinajstić information content (AvgIpc) is 2.77. The van der Waals surface area contributed by atoms with Gasteiger partial charge in [-0.1, -0.05) is 24.3 Å². The zero-order chi connectivity index (χ0) is 22.0. The fraction of sp³-hybridized carbons (Fsp3) is 0.130. The maximum Gasteiger partial charge on any atom is 0.338 e. The standard InChI is InChI=1S/C23H20N2O5S/c1-2-30-23(27)16-11-13-17(14-12-16)24-22(26)15-25-18-7-3-5-9-20(18)31(28,29)21-10-6-4-8-19(21)25/h3-14H,2,15H2,1H3,(H,24,26). The number of nitrogens with one attached hydrogen (secondary N) is 1. The quantitative estimate of drug-likeness (QED) is 0.612. The molecule has 1 N–H and O–H groups in total. The molecule has 0 atom stereocenters. The molecule has 1 aliphatic heterocycles. The molecule has 0 saturated carbocycles. The summed E-state index contributed by atoms with van der Waals surface area (Å²) in [7, 11) is -3.66. The Labute approximate surface area is 180 Å². The lowest BCUT2D eigenvalue weighted by Gasteiger charge is -2.32. The molecule has 0 fully saturated rings. The first-order valence-electron chi connectivity index (χ1n) is 9.69. The average molecular weight is 436 g/mol. The lowest BCUT2D eigenvalue weighted by molar-refractivity contribution is -0.114. The second kappa shape index (κ2) is 8.23. The smallest absolute Gasteiger partial charge is 0.338 e. The molecule has 0 spiro atoms. The molecule has 8 heteroatoms. The van der Waals surface area contributed by atoms with Crippen molar-refractivity contribution >= 4 is 38.8 Å². The molecule has 31 heavy (non-hydrogen) atoms. The Kier molecular flexibility index (Phi) is 5.48. The molecule has 3 aromatic rings. The topological polar surface area (TPSA) is 92.8 Å². The normalized spacial score (nSPS) is 13.6. The van der Waals surface area contributed by atoms with Crippen LogP contribution in [0.2, 0.25) is 0 Å². The van der Waals surface area contributed by atoms with E-state index in [1.165, 1.54) is 0 Å². The first-order chi connectivity index (χ1) is 14.9. The number of esters is 1. The van der Waals surface area contributed by atoms with Crippen LogP contribution in [0.1, 0.15) is 17.3 Å². The van der Waals surface area contributed by atoms with Crippen LogP contribution in [0.3, 0.4) is 0 Å². The van der Waals surface area contributed by atoms with Crippen molar-refractivity contribution in [1.29, 1.82) is 0 Å². The lowest BCUT2D eigenvalue weighted by Crippen LogP contribution is -2.33. The Bertz CT molecular complexity index is 1200. The van der Waals surface area contributed by atoms with E-state index in [0.717, 1.165) is 0 Å². The van der Waals surface area contributed by atoms with Gasteiger partial charge in [-0.3, -0.25) is 4.79 Å². The van der Waals surface area contributed by atoms with Gasteiger partial charge in [0, 0.05) is 5.69 Å². The largest absolute Gasteiger partial charge is 0.462 e. The summed E-state index contributed by atoms with van der Waals surface area (Å²) in [6.45, 7) is 1.93. The molecule has 4 rings (SSSR count). The summed E-state index contributed by atoms with van der Waals surface area (Å²) in [6.07, 6.45) is 0. The molecule has 1 aliphatic rings. The van der Waals surface area contributed by atoms with Crippen LogP contribution in [-0.2, 0) is 19.4 Å². The van der Waals surface area contributed by atoms with Gasteiger partial charge in [0.15, 0.2) is 0 Å². The summed E-state index contributed by atoms with van der Waals surface area (Å²) >= 11 is 0. The van der Waals surface area contributed by atoms with Crippen molar-refractivity contribution in [3.05, 3.63) is 78.4 Å². The number of carbonyl (C=O) groups excluding carboxylic acids is 2. The molecule has 0 radical (unpaired) electrons. The van der Waals surface area contributed by atoms with E-state index in [-0.39, 0.29) is 28.8 Å². The van der Waals surface area contributed by atoms with Crippen LogP contribution in [-0.4, -0.2) is 33.4 Å². The van der Waals surface area contributed by atoms with Crippen LogP contribution in [0.4, 0.5) is 17.1 Å². The van der Waals surface area contributed by atoms with E-state index in [9.17, 15) is 18.0 Å². The molecule has 1 amide bonds. The van der Waals surface area contributed by atoms with E-state index in [0.29, 0.717) is 22.6 Å². The molecule has 158 valence electrons. The first kappa shape index (κ1) is 20.6. The third-order valence-corrected chi connectivity index (χ3v) is 6.72. The number of hydrogen-bond donors (Lipinski definition) is 1. The van der Waals surface area contributed by atoms with E-state index in [1.54, 1.807) is 84.6 Å². The molecule has 0 saturated heterocycles. The fourth-order valence-corrected chi connectivity index (χ4v) is 5.14. The number of fused-ring (bicyclic) bond motifs is 2. The number of hydrogen-bond acceptors (Lipinski definition) is 6. The number of ether oxygens (including phenoxy) is 1. The van der Waals surface area contributed by atoms with E-state index in [1.807, 2.05) is 0 Å². The number of anilines is 3.